The van der Waals surface area contributed by atoms with Crippen LogP contribution in [0.1, 0.15) is 11.1 Å². The molecule has 0 aliphatic carbocycles. The first-order valence-electron chi connectivity index (χ1n) is 8.82. The second-order valence-electron chi connectivity index (χ2n) is 6.02. The van der Waals surface area contributed by atoms with E-state index in [9.17, 15) is 4.79 Å². The van der Waals surface area contributed by atoms with Crippen molar-refractivity contribution >= 4 is 28.1 Å². The maximum Gasteiger partial charge on any atom is 0.260 e. The van der Waals surface area contributed by atoms with E-state index in [0.717, 1.165) is 15.6 Å². The van der Waals surface area contributed by atoms with Crippen LogP contribution in [0.5, 0.6) is 23.0 Å². The molecule has 8 nitrogen and oxygen atoms in total. The average Bonchev–Trinajstić information content (AvgIpc) is 3.18. The third-order valence-electron chi connectivity index (χ3n) is 4.14. The van der Waals surface area contributed by atoms with Gasteiger partial charge in [0.2, 0.25) is 6.79 Å². The largest absolute Gasteiger partial charge is 0.493 e. The molecule has 0 spiro atoms. The Morgan fingerprint density at radius 2 is 1.93 bits per heavy atom. The van der Waals surface area contributed by atoms with Crippen molar-refractivity contribution in [3.8, 4) is 23.0 Å². The molecule has 3 rings (SSSR count). The monoisotopic (exact) mass is 464 g/mol. The lowest BCUT2D eigenvalue weighted by Crippen LogP contribution is -2.28. The molecule has 0 saturated heterocycles. The first-order valence-corrected chi connectivity index (χ1v) is 9.62. The fourth-order valence-corrected chi connectivity index (χ4v) is 3.08. The average molecular weight is 465 g/mol. The Hall–Kier alpha value is -2.94. The van der Waals surface area contributed by atoms with Crippen LogP contribution >= 0.6 is 15.9 Å². The van der Waals surface area contributed by atoms with E-state index in [1.165, 1.54) is 6.21 Å². The molecule has 9 heteroatoms. The van der Waals surface area contributed by atoms with Crippen molar-refractivity contribution in [3.63, 3.8) is 0 Å². The second-order valence-corrected chi connectivity index (χ2v) is 6.88. The van der Waals surface area contributed by atoms with E-state index in [-0.39, 0.29) is 19.3 Å². The summed E-state index contributed by atoms with van der Waals surface area (Å²) in [6, 6.07) is 9.22. The van der Waals surface area contributed by atoms with Crippen LogP contribution in [0, 0.1) is 0 Å². The molecule has 2 aromatic carbocycles. The third kappa shape index (κ3) is 5.54. The van der Waals surface area contributed by atoms with Gasteiger partial charge in [0.1, 0.15) is 0 Å². The molecule has 29 heavy (non-hydrogen) atoms. The topological polar surface area (TPSA) is 87.6 Å². The molecule has 0 radical (unpaired) electrons. The first-order chi connectivity index (χ1) is 14.1. The highest BCUT2D eigenvalue weighted by molar-refractivity contribution is 9.10. The molecule has 0 saturated carbocycles. The maximum absolute atomic E-state index is 11.9. The Labute approximate surface area is 176 Å². The van der Waals surface area contributed by atoms with Crippen molar-refractivity contribution in [1.82, 2.24) is 5.32 Å². The Kier molecular flexibility index (Phi) is 7.18. The Balaban J connectivity index is 1.41. The number of halogens is 1. The van der Waals surface area contributed by atoms with Gasteiger partial charge in [-0.3, -0.25) is 4.79 Å². The van der Waals surface area contributed by atoms with E-state index in [1.54, 1.807) is 26.4 Å². The van der Waals surface area contributed by atoms with Gasteiger partial charge in [-0.05, 0) is 52.2 Å². The Morgan fingerprint density at radius 1 is 1.17 bits per heavy atom. The van der Waals surface area contributed by atoms with Gasteiger partial charge < -0.3 is 29.1 Å². The number of hydrogen-bond donors (Lipinski definition) is 1. The number of benzene rings is 2. The standard InChI is InChI=1S/C20H21BrN2O6/c1-25-16-4-3-13(7-17(16)26-2)5-6-22-20(24)11-29-23-10-14-8-18-19(9-15(14)21)28-12-27-18/h3-4,7-10H,5-6,11-12H2,1-2H3,(H,22,24). The minimum Gasteiger partial charge on any atom is -0.493 e. The minimum absolute atomic E-state index is 0.176. The Bertz CT molecular complexity index is 903. The van der Waals surface area contributed by atoms with E-state index in [1.807, 2.05) is 18.2 Å². The summed E-state index contributed by atoms with van der Waals surface area (Å²) in [6.45, 7) is 0.488. The van der Waals surface area contributed by atoms with E-state index >= 15 is 0 Å². The zero-order chi connectivity index (χ0) is 20.6. The molecule has 0 fully saturated rings. The van der Waals surface area contributed by atoms with Crippen molar-refractivity contribution in [2.24, 2.45) is 5.16 Å². The maximum atomic E-state index is 11.9. The van der Waals surface area contributed by atoms with Gasteiger partial charge in [0.25, 0.3) is 5.91 Å². The number of hydrogen-bond acceptors (Lipinski definition) is 7. The molecule has 154 valence electrons. The van der Waals surface area contributed by atoms with Crippen molar-refractivity contribution in [3.05, 3.63) is 45.9 Å². The number of rotatable bonds is 9. The molecule has 1 aliphatic rings. The van der Waals surface area contributed by atoms with E-state index in [2.05, 4.69) is 26.4 Å². The lowest BCUT2D eigenvalue weighted by Gasteiger charge is -2.10. The summed E-state index contributed by atoms with van der Waals surface area (Å²) < 4.78 is 21.9. The number of carbonyl (C=O) groups is 1. The zero-order valence-corrected chi connectivity index (χ0v) is 17.7. The highest BCUT2D eigenvalue weighted by Crippen LogP contribution is 2.36. The van der Waals surface area contributed by atoms with Crippen LogP contribution in [-0.2, 0) is 16.1 Å². The fraction of sp³-hybridized carbons (Fsp3) is 0.300. The second kappa shape index (κ2) is 10.0. The third-order valence-corrected chi connectivity index (χ3v) is 4.82. The van der Waals surface area contributed by atoms with Crippen LogP contribution < -0.4 is 24.3 Å². The predicted octanol–water partition coefficient (Wildman–Crippen LogP) is 2.90. The van der Waals surface area contributed by atoms with Crippen LogP contribution in [-0.4, -0.2) is 46.3 Å². The normalized spacial score (nSPS) is 12.1. The van der Waals surface area contributed by atoms with Gasteiger partial charge in [-0.15, -0.1) is 0 Å². The van der Waals surface area contributed by atoms with Gasteiger partial charge in [-0.25, -0.2) is 0 Å². The Morgan fingerprint density at radius 3 is 2.69 bits per heavy atom. The molecular formula is C20H21BrN2O6. The molecule has 1 amide bonds. The van der Waals surface area contributed by atoms with Gasteiger partial charge in [-0.2, -0.15) is 0 Å². The first kappa shape index (κ1) is 20.8. The molecule has 0 aromatic heterocycles. The number of nitrogens with zero attached hydrogens (tertiary/aromatic N) is 1. The molecule has 0 atom stereocenters. The highest BCUT2D eigenvalue weighted by atomic mass is 79.9. The molecule has 0 unspecified atom stereocenters. The molecule has 1 aliphatic heterocycles. The summed E-state index contributed by atoms with van der Waals surface area (Å²) >= 11 is 3.43. The van der Waals surface area contributed by atoms with Crippen molar-refractivity contribution in [1.29, 1.82) is 0 Å². The van der Waals surface area contributed by atoms with Crippen molar-refractivity contribution < 1.29 is 28.6 Å². The van der Waals surface area contributed by atoms with Crippen LogP contribution in [0.2, 0.25) is 0 Å². The molecule has 2 aromatic rings. The van der Waals surface area contributed by atoms with Gasteiger partial charge in [-0.1, -0.05) is 11.2 Å². The summed E-state index contributed by atoms with van der Waals surface area (Å²) in [5.41, 5.74) is 1.78. The number of amides is 1. The summed E-state index contributed by atoms with van der Waals surface area (Å²) in [5, 5.41) is 6.62. The van der Waals surface area contributed by atoms with E-state index < -0.39 is 0 Å². The van der Waals surface area contributed by atoms with E-state index in [0.29, 0.717) is 36.0 Å². The fourth-order valence-electron chi connectivity index (χ4n) is 2.66. The van der Waals surface area contributed by atoms with Gasteiger partial charge in [0.15, 0.2) is 29.6 Å². The molecule has 1 heterocycles. The summed E-state index contributed by atoms with van der Waals surface area (Å²) in [5.74, 6) is 2.38. The summed E-state index contributed by atoms with van der Waals surface area (Å²) in [4.78, 5) is 17.0. The van der Waals surface area contributed by atoms with Crippen molar-refractivity contribution in [2.45, 2.75) is 6.42 Å². The molecule has 1 N–H and O–H groups in total. The quantitative estimate of drug-likeness (QED) is 0.453. The van der Waals surface area contributed by atoms with Gasteiger partial charge in [0, 0.05) is 16.6 Å². The number of carbonyl (C=O) groups excluding carboxylic acids is 1. The lowest BCUT2D eigenvalue weighted by atomic mass is 10.1. The van der Waals surface area contributed by atoms with Crippen LogP contribution in [0.3, 0.4) is 0 Å². The van der Waals surface area contributed by atoms with Crippen LogP contribution in [0.25, 0.3) is 0 Å². The summed E-state index contributed by atoms with van der Waals surface area (Å²) in [7, 11) is 3.18. The number of fused-ring (bicyclic) bond motifs is 1. The SMILES string of the molecule is COc1ccc(CCNC(=O)CON=Cc2cc3c(cc2Br)OCO3)cc1OC. The smallest absolute Gasteiger partial charge is 0.260 e. The van der Waals surface area contributed by atoms with Gasteiger partial charge >= 0.3 is 0 Å². The van der Waals surface area contributed by atoms with Crippen LogP contribution in [0.15, 0.2) is 40.0 Å². The summed E-state index contributed by atoms with van der Waals surface area (Å²) in [6.07, 6.45) is 2.16. The van der Waals surface area contributed by atoms with Gasteiger partial charge in [0.05, 0.1) is 20.4 Å². The highest BCUT2D eigenvalue weighted by Gasteiger charge is 2.15. The number of ether oxygens (including phenoxy) is 4. The number of methoxy groups -OCH3 is 2. The van der Waals surface area contributed by atoms with E-state index in [4.69, 9.17) is 23.8 Å². The lowest BCUT2D eigenvalue weighted by molar-refractivity contribution is -0.125. The predicted molar refractivity (Wildman–Crippen MR) is 110 cm³/mol. The van der Waals surface area contributed by atoms with Crippen molar-refractivity contribution in [2.75, 3.05) is 34.2 Å². The minimum atomic E-state index is -0.257. The zero-order valence-electron chi connectivity index (χ0n) is 16.1. The number of nitrogens with one attached hydrogen (secondary N) is 1. The molecule has 0 bridgehead atoms. The van der Waals surface area contributed by atoms with Crippen LogP contribution in [0.4, 0.5) is 0 Å². The molecular weight excluding hydrogens is 444 g/mol. The number of oxime groups is 1.